The molecule has 0 saturated carbocycles. The van der Waals surface area contributed by atoms with Gasteiger partial charge < -0.3 is 0 Å². The highest BCUT2D eigenvalue weighted by Gasteiger charge is 2.60. The summed E-state index contributed by atoms with van der Waals surface area (Å²) in [5.74, 6) is -2.62. The van der Waals surface area contributed by atoms with Gasteiger partial charge in [0.25, 0.3) is 11.6 Å². The van der Waals surface area contributed by atoms with Gasteiger partial charge in [-0.1, -0.05) is 35.9 Å². The van der Waals surface area contributed by atoms with Crippen LogP contribution in [0.25, 0.3) is 0 Å². The van der Waals surface area contributed by atoms with Crippen LogP contribution < -0.4 is 9.96 Å². The molecule has 3 atom stereocenters. The molecule has 2 saturated heterocycles. The molecule has 8 nitrogen and oxygen atoms in total. The van der Waals surface area contributed by atoms with Crippen LogP contribution in [-0.4, -0.2) is 22.8 Å². The van der Waals surface area contributed by atoms with E-state index in [1.165, 1.54) is 29.3 Å². The number of hydrogen-bond donors (Lipinski definition) is 0. The molecule has 2 aliphatic heterocycles. The minimum absolute atomic E-state index is 0.0489. The van der Waals surface area contributed by atoms with Crippen LogP contribution >= 0.6 is 11.6 Å². The summed E-state index contributed by atoms with van der Waals surface area (Å²) < 4.78 is 13.4. The van der Waals surface area contributed by atoms with Crippen LogP contribution in [0.5, 0.6) is 0 Å². The van der Waals surface area contributed by atoms with Crippen molar-refractivity contribution >= 4 is 40.5 Å². The molecule has 2 amide bonds. The van der Waals surface area contributed by atoms with Crippen molar-refractivity contribution in [3.05, 3.63) is 99.3 Å². The van der Waals surface area contributed by atoms with Gasteiger partial charge in [-0.15, -0.1) is 0 Å². The number of nitro groups is 1. The highest BCUT2D eigenvalue weighted by atomic mass is 35.5. The molecule has 5 rings (SSSR count). The van der Waals surface area contributed by atoms with Crippen LogP contribution in [-0.2, 0) is 14.4 Å². The van der Waals surface area contributed by atoms with Gasteiger partial charge in [0.1, 0.15) is 16.8 Å². The summed E-state index contributed by atoms with van der Waals surface area (Å²) in [5.41, 5.74) is 0.863. The molecule has 0 unspecified atom stereocenters. The third-order valence-corrected chi connectivity index (χ3v) is 6.04. The minimum atomic E-state index is -1.15. The molecular formula is C23H15ClFN3O5. The van der Waals surface area contributed by atoms with Gasteiger partial charge in [0.15, 0.2) is 6.10 Å². The molecule has 0 spiro atoms. The number of benzene rings is 3. The van der Waals surface area contributed by atoms with Crippen molar-refractivity contribution in [3.8, 4) is 0 Å². The van der Waals surface area contributed by atoms with E-state index < -0.39 is 40.6 Å². The number of carbonyl (C=O) groups excluding carboxylic acids is 2. The van der Waals surface area contributed by atoms with Gasteiger partial charge in [0.2, 0.25) is 5.91 Å². The lowest BCUT2D eigenvalue weighted by Crippen LogP contribution is -2.37. The van der Waals surface area contributed by atoms with Crippen molar-refractivity contribution in [3.63, 3.8) is 0 Å². The van der Waals surface area contributed by atoms with Crippen molar-refractivity contribution in [1.29, 1.82) is 0 Å². The Morgan fingerprint density at radius 3 is 2.30 bits per heavy atom. The number of imide groups is 1. The Kier molecular flexibility index (Phi) is 5.07. The van der Waals surface area contributed by atoms with Crippen LogP contribution in [0, 0.1) is 21.8 Å². The van der Waals surface area contributed by atoms with E-state index in [0.717, 1.165) is 17.0 Å². The predicted octanol–water partition coefficient (Wildman–Crippen LogP) is 4.44. The molecule has 0 aliphatic carbocycles. The number of para-hydroxylation sites is 1. The molecule has 3 aromatic carbocycles. The van der Waals surface area contributed by atoms with Gasteiger partial charge >= 0.3 is 0 Å². The van der Waals surface area contributed by atoms with Crippen molar-refractivity contribution in [2.24, 2.45) is 5.92 Å². The quantitative estimate of drug-likeness (QED) is 0.320. The lowest BCUT2D eigenvalue weighted by Gasteiger charge is -2.28. The van der Waals surface area contributed by atoms with E-state index >= 15 is 0 Å². The van der Waals surface area contributed by atoms with E-state index in [9.17, 15) is 24.1 Å². The van der Waals surface area contributed by atoms with Crippen molar-refractivity contribution in [2.45, 2.75) is 12.1 Å². The van der Waals surface area contributed by atoms with Crippen molar-refractivity contribution in [2.75, 3.05) is 9.96 Å². The lowest BCUT2D eigenvalue weighted by molar-refractivity contribution is -0.384. The summed E-state index contributed by atoms with van der Waals surface area (Å²) in [6, 6.07) is 17.2. The number of nitro benzene ring substituents is 1. The SMILES string of the molecule is O=C1[C@@H]2[C@@H](ON(c3ccccc3)[C@H]2c2ccc(Cl)c([N+](=O)[O-])c2)C(=O)N1c1ccc(F)cc1. The maximum absolute atomic E-state index is 13.5. The molecular weight excluding hydrogens is 453 g/mol. The average Bonchev–Trinajstić information content (AvgIpc) is 3.31. The van der Waals surface area contributed by atoms with Crippen LogP contribution in [0.3, 0.4) is 0 Å². The van der Waals surface area contributed by atoms with Crippen LogP contribution in [0.1, 0.15) is 11.6 Å². The van der Waals surface area contributed by atoms with Crippen LogP contribution in [0.4, 0.5) is 21.5 Å². The molecule has 2 heterocycles. The van der Waals surface area contributed by atoms with E-state index in [1.54, 1.807) is 36.4 Å². The summed E-state index contributed by atoms with van der Waals surface area (Å²) in [6.07, 6.45) is -1.15. The second-order valence-electron chi connectivity index (χ2n) is 7.61. The Bertz CT molecular complexity index is 1270. The third-order valence-electron chi connectivity index (χ3n) is 5.72. The van der Waals surface area contributed by atoms with Crippen LogP contribution in [0.15, 0.2) is 72.8 Å². The number of nitrogens with zero attached hydrogens (tertiary/aromatic N) is 3. The van der Waals surface area contributed by atoms with Gasteiger partial charge in [-0.2, -0.15) is 0 Å². The third kappa shape index (κ3) is 3.42. The summed E-state index contributed by atoms with van der Waals surface area (Å²) >= 11 is 5.98. The van der Waals surface area contributed by atoms with Gasteiger partial charge in [-0.05, 0) is 48.0 Å². The normalized spacial score (nSPS) is 22.1. The number of rotatable bonds is 4. The average molecular weight is 468 g/mol. The standard InChI is InChI=1S/C23H15ClFN3O5/c24-17-11-6-13(12-18(17)28(31)32)20-19-21(33-27(20)16-4-2-1-3-5-16)23(30)26(22(19)29)15-9-7-14(25)8-10-15/h1-12,19-21H/t19-,20-,21+/m0/s1. The van der Waals surface area contributed by atoms with Crippen molar-refractivity contribution < 1.29 is 23.7 Å². The van der Waals surface area contributed by atoms with E-state index in [-0.39, 0.29) is 16.4 Å². The van der Waals surface area contributed by atoms with Gasteiger partial charge in [0.05, 0.1) is 22.3 Å². The number of amides is 2. The number of hydroxylamine groups is 1. The molecule has 33 heavy (non-hydrogen) atoms. The van der Waals surface area contributed by atoms with Gasteiger partial charge in [-0.25, -0.2) is 14.4 Å². The molecule has 0 N–H and O–H groups in total. The summed E-state index contributed by atoms with van der Waals surface area (Å²) in [7, 11) is 0. The molecule has 0 aromatic heterocycles. The molecule has 166 valence electrons. The molecule has 10 heteroatoms. The number of anilines is 2. The lowest BCUT2D eigenvalue weighted by atomic mass is 9.90. The summed E-state index contributed by atoms with van der Waals surface area (Å²) in [5, 5.41) is 12.8. The highest BCUT2D eigenvalue weighted by molar-refractivity contribution is 6.32. The Morgan fingerprint density at radius 1 is 0.939 bits per heavy atom. The Balaban J connectivity index is 1.61. The van der Waals surface area contributed by atoms with Crippen molar-refractivity contribution in [1.82, 2.24) is 0 Å². The summed E-state index contributed by atoms with van der Waals surface area (Å²) in [6.45, 7) is 0. The van der Waals surface area contributed by atoms with Gasteiger partial charge in [-0.3, -0.25) is 24.5 Å². The Labute approximate surface area is 191 Å². The fourth-order valence-corrected chi connectivity index (χ4v) is 4.44. The van der Waals surface area contributed by atoms with E-state index in [4.69, 9.17) is 16.4 Å². The first kappa shape index (κ1) is 21.0. The van der Waals surface area contributed by atoms with E-state index in [0.29, 0.717) is 11.3 Å². The predicted molar refractivity (Wildman–Crippen MR) is 117 cm³/mol. The maximum Gasteiger partial charge on any atom is 0.288 e. The first-order valence-corrected chi connectivity index (χ1v) is 10.3. The fraction of sp³-hybridized carbons (Fsp3) is 0.130. The Morgan fingerprint density at radius 2 is 1.64 bits per heavy atom. The number of hydrogen-bond acceptors (Lipinski definition) is 6. The van der Waals surface area contributed by atoms with E-state index in [2.05, 4.69) is 0 Å². The number of halogens is 2. The molecule has 0 bridgehead atoms. The molecule has 2 fully saturated rings. The molecule has 0 radical (unpaired) electrons. The first-order valence-electron chi connectivity index (χ1n) is 9.95. The first-order chi connectivity index (χ1) is 15.9. The zero-order valence-electron chi connectivity index (χ0n) is 16.8. The second kappa shape index (κ2) is 7.95. The summed E-state index contributed by atoms with van der Waals surface area (Å²) in [4.78, 5) is 44.5. The Hall–Kier alpha value is -3.82. The zero-order chi connectivity index (χ0) is 23.3. The second-order valence-corrected chi connectivity index (χ2v) is 8.02. The monoisotopic (exact) mass is 467 g/mol. The van der Waals surface area contributed by atoms with Gasteiger partial charge in [0, 0.05) is 6.07 Å². The van der Waals surface area contributed by atoms with Crippen LogP contribution in [0.2, 0.25) is 5.02 Å². The molecule has 2 aliphatic rings. The molecule has 3 aromatic rings. The van der Waals surface area contributed by atoms with E-state index in [1.807, 2.05) is 0 Å². The zero-order valence-corrected chi connectivity index (χ0v) is 17.6. The maximum atomic E-state index is 13.5. The topological polar surface area (TPSA) is 93.0 Å². The minimum Gasteiger partial charge on any atom is -0.273 e. The smallest absolute Gasteiger partial charge is 0.273 e. The largest absolute Gasteiger partial charge is 0.288 e. The fourth-order valence-electron chi connectivity index (χ4n) is 4.25. The highest BCUT2D eigenvalue weighted by Crippen LogP contribution is 2.48. The number of carbonyl (C=O) groups is 2. The number of fused-ring (bicyclic) bond motifs is 1.